The molecule has 3 N–H and O–H groups in total. The van der Waals surface area contributed by atoms with Gasteiger partial charge >= 0.3 is 0 Å². The zero-order chi connectivity index (χ0) is 15.3. The molecule has 0 amide bonds. The van der Waals surface area contributed by atoms with Crippen LogP contribution < -0.4 is 16.0 Å². The van der Waals surface area contributed by atoms with Crippen molar-refractivity contribution in [1.29, 1.82) is 0 Å². The number of aromatic nitrogens is 2. The molecule has 1 atom stereocenters. The zero-order valence-electron chi connectivity index (χ0n) is 13.1. The third-order valence-corrected chi connectivity index (χ3v) is 4.10. The van der Waals surface area contributed by atoms with Crippen molar-refractivity contribution < 1.29 is 14.2 Å². The van der Waals surface area contributed by atoms with Gasteiger partial charge in [-0.2, -0.15) is 5.10 Å². The van der Waals surface area contributed by atoms with Crippen molar-refractivity contribution in [1.82, 2.24) is 15.2 Å². The lowest BCUT2D eigenvalue weighted by Gasteiger charge is -2.42. The molecule has 21 heavy (non-hydrogen) atoms. The second kappa shape index (κ2) is 7.22. The van der Waals surface area contributed by atoms with Crippen LogP contribution in [0.1, 0.15) is 38.4 Å². The minimum Gasteiger partial charge on any atom is -0.493 e. The molecule has 0 saturated carbocycles. The molecule has 0 aliphatic carbocycles. The SMILES string of the molecule is CCOC1(C(NN)c2c(OC)cnn2CC)CCOCC1. The van der Waals surface area contributed by atoms with Gasteiger partial charge in [0.1, 0.15) is 5.69 Å². The van der Waals surface area contributed by atoms with Crippen LogP contribution in [-0.4, -0.2) is 42.3 Å². The minimum absolute atomic E-state index is 0.196. The van der Waals surface area contributed by atoms with Gasteiger partial charge < -0.3 is 14.2 Å². The van der Waals surface area contributed by atoms with Gasteiger partial charge in [-0.25, -0.2) is 5.43 Å². The van der Waals surface area contributed by atoms with Crippen molar-refractivity contribution in [3.05, 3.63) is 11.9 Å². The summed E-state index contributed by atoms with van der Waals surface area (Å²) in [5, 5.41) is 4.37. The average molecular weight is 298 g/mol. The first-order chi connectivity index (χ1) is 10.2. The Morgan fingerprint density at radius 1 is 1.48 bits per heavy atom. The Bertz CT molecular complexity index is 416. The van der Waals surface area contributed by atoms with Gasteiger partial charge in [0.05, 0.1) is 24.9 Å². The fraction of sp³-hybridized carbons (Fsp3) is 0.786. The Labute approximate surface area is 125 Å². The summed E-state index contributed by atoms with van der Waals surface area (Å²) in [4.78, 5) is 0. The molecule has 1 aliphatic heterocycles. The maximum atomic E-state index is 6.13. The third kappa shape index (κ3) is 3.06. The quantitative estimate of drug-likeness (QED) is 0.577. The van der Waals surface area contributed by atoms with E-state index in [-0.39, 0.29) is 6.04 Å². The van der Waals surface area contributed by atoms with Crippen LogP contribution >= 0.6 is 0 Å². The summed E-state index contributed by atoms with van der Waals surface area (Å²) in [6.07, 6.45) is 3.30. The van der Waals surface area contributed by atoms with Crippen LogP contribution in [0.25, 0.3) is 0 Å². The fourth-order valence-electron chi connectivity index (χ4n) is 3.08. The Kier molecular flexibility index (Phi) is 5.58. The number of nitrogens with one attached hydrogen (secondary N) is 1. The van der Waals surface area contributed by atoms with Crippen LogP contribution in [0, 0.1) is 0 Å². The number of ether oxygens (including phenoxy) is 3. The second-order valence-corrected chi connectivity index (χ2v) is 5.12. The van der Waals surface area contributed by atoms with Gasteiger partial charge in [-0.3, -0.25) is 10.5 Å². The normalized spacial score (nSPS) is 19.4. The number of nitrogens with two attached hydrogens (primary N) is 1. The zero-order valence-corrected chi connectivity index (χ0v) is 13.1. The molecular formula is C14H26N4O3. The molecule has 7 heteroatoms. The van der Waals surface area contributed by atoms with Crippen molar-refractivity contribution in [2.45, 2.75) is 44.9 Å². The van der Waals surface area contributed by atoms with Gasteiger partial charge in [0.15, 0.2) is 5.75 Å². The monoisotopic (exact) mass is 298 g/mol. The smallest absolute Gasteiger partial charge is 0.161 e. The summed E-state index contributed by atoms with van der Waals surface area (Å²) in [5.74, 6) is 6.62. The lowest BCUT2D eigenvalue weighted by atomic mass is 9.84. The molecule has 1 aromatic rings. The van der Waals surface area contributed by atoms with Gasteiger partial charge in [0.2, 0.25) is 0 Å². The van der Waals surface area contributed by atoms with E-state index >= 15 is 0 Å². The predicted octanol–water partition coefficient (Wildman–Crippen LogP) is 1.00. The van der Waals surface area contributed by atoms with Gasteiger partial charge in [-0.1, -0.05) is 0 Å². The van der Waals surface area contributed by atoms with Crippen molar-refractivity contribution in [3.8, 4) is 5.75 Å². The molecule has 0 bridgehead atoms. The van der Waals surface area contributed by atoms with E-state index in [1.807, 2.05) is 18.5 Å². The van der Waals surface area contributed by atoms with E-state index in [1.54, 1.807) is 13.3 Å². The summed E-state index contributed by atoms with van der Waals surface area (Å²) in [7, 11) is 1.64. The summed E-state index contributed by atoms with van der Waals surface area (Å²) in [6, 6.07) is -0.196. The molecule has 0 spiro atoms. The molecule has 1 unspecified atom stereocenters. The van der Waals surface area contributed by atoms with Gasteiger partial charge in [0.25, 0.3) is 0 Å². The first kappa shape index (κ1) is 16.2. The lowest BCUT2D eigenvalue weighted by Crippen LogP contribution is -2.52. The van der Waals surface area contributed by atoms with Crippen LogP contribution in [0.15, 0.2) is 6.20 Å². The maximum absolute atomic E-state index is 6.13. The summed E-state index contributed by atoms with van der Waals surface area (Å²) < 4.78 is 19.0. The maximum Gasteiger partial charge on any atom is 0.161 e. The number of hydrogen-bond donors (Lipinski definition) is 2. The molecule has 7 nitrogen and oxygen atoms in total. The van der Waals surface area contributed by atoms with Crippen molar-refractivity contribution in [2.75, 3.05) is 26.9 Å². The van der Waals surface area contributed by atoms with E-state index in [2.05, 4.69) is 10.5 Å². The van der Waals surface area contributed by atoms with E-state index in [9.17, 15) is 0 Å². The molecule has 1 fully saturated rings. The summed E-state index contributed by atoms with van der Waals surface area (Å²) in [5.41, 5.74) is 3.46. The highest BCUT2D eigenvalue weighted by molar-refractivity contribution is 5.31. The number of hydrazine groups is 1. The van der Waals surface area contributed by atoms with Crippen LogP contribution in [0.2, 0.25) is 0 Å². The fourth-order valence-corrected chi connectivity index (χ4v) is 3.08. The summed E-state index contributed by atoms with van der Waals surface area (Å²) in [6.45, 7) is 6.75. The molecule has 2 heterocycles. The molecule has 0 aromatic carbocycles. The van der Waals surface area contributed by atoms with Crippen molar-refractivity contribution >= 4 is 0 Å². The van der Waals surface area contributed by atoms with E-state index in [4.69, 9.17) is 20.1 Å². The number of nitrogens with zero attached hydrogens (tertiary/aromatic N) is 2. The van der Waals surface area contributed by atoms with Crippen LogP contribution in [0.4, 0.5) is 0 Å². The van der Waals surface area contributed by atoms with Gasteiger partial charge in [0, 0.05) is 39.2 Å². The molecule has 1 aliphatic rings. The highest BCUT2D eigenvalue weighted by Crippen LogP contribution is 2.40. The standard InChI is InChI=1S/C14H26N4O3/c1-4-18-12(11(19-3)10-16-18)13(17-15)14(21-5-2)6-8-20-9-7-14/h10,13,17H,4-9,15H2,1-3H3. The Morgan fingerprint density at radius 2 is 2.19 bits per heavy atom. The predicted molar refractivity (Wildman–Crippen MR) is 78.9 cm³/mol. The lowest BCUT2D eigenvalue weighted by molar-refractivity contribution is -0.129. The number of aryl methyl sites for hydroxylation is 1. The van der Waals surface area contributed by atoms with Crippen molar-refractivity contribution in [2.24, 2.45) is 5.84 Å². The highest BCUT2D eigenvalue weighted by Gasteiger charge is 2.44. The summed E-state index contributed by atoms with van der Waals surface area (Å²) >= 11 is 0. The van der Waals surface area contributed by atoms with E-state index in [1.165, 1.54) is 0 Å². The average Bonchev–Trinajstić information content (AvgIpc) is 2.92. The highest BCUT2D eigenvalue weighted by atomic mass is 16.5. The Hall–Kier alpha value is -1.15. The third-order valence-electron chi connectivity index (χ3n) is 4.10. The Morgan fingerprint density at radius 3 is 2.71 bits per heavy atom. The van der Waals surface area contributed by atoms with Gasteiger partial charge in [-0.15, -0.1) is 0 Å². The molecule has 2 rings (SSSR count). The second-order valence-electron chi connectivity index (χ2n) is 5.12. The largest absolute Gasteiger partial charge is 0.493 e. The first-order valence-electron chi connectivity index (χ1n) is 7.50. The van der Waals surface area contributed by atoms with Crippen LogP contribution in [0.3, 0.4) is 0 Å². The van der Waals surface area contributed by atoms with E-state index in [0.717, 1.165) is 30.8 Å². The van der Waals surface area contributed by atoms with E-state index in [0.29, 0.717) is 19.8 Å². The first-order valence-corrected chi connectivity index (χ1v) is 7.50. The topological polar surface area (TPSA) is 83.6 Å². The van der Waals surface area contributed by atoms with Crippen LogP contribution in [0.5, 0.6) is 5.75 Å². The Balaban J connectivity index is 2.42. The number of rotatable bonds is 7. The molecular weight excluding hydrogens is 272 g/mol. The molecule has 120 valence electrons. The molecule has 1 saturated heterocycles. The molecule has 1 aromatic heterocycles. The van der Waals surface area contributed by atoms with E-state index < -0.39 is 5.60 Å². The van der Waals surface area contributed by atoms with Crippen LogP contribution in [-0.2, 0) is 16.0 Å². The van der Waals surface area contributed by atoms with Crippen molar-refractivity contribution in [3.63, 3.8) is 0 Å². The molecule has 0 radical (unpaired) electrons. The number of hydrogen-bond acceptors (Lipinski definition) is 6. The minimum atomic E-state index is -0.401. The van der Waals surface area contributed by atoms with Gasteiger partial charge in [-0.05, 0) is 13.8 Å². The number of methoxy groups -OCH3 is 1.